The minimum atomic E-state index is -0.481. The molecule has 0 aliphatic rings. The molecule has 0 atom stereocenters. The zero-order valence-corrected chi connectivity index (χ0v) is 12.6. The monoisotopic (exact) mass is 312 g/mol. The highest BCUT2D eigenvalue weighted by molar-refractivity contribution is 5.61. The second kappa shape index (κ2) is 7.17. The van der Waals surface area contributed by atoms with Crippen LogP contribution < -0.4 is 4.90 Å². The van der Waals surface area contributed by atoms with Gasteiger partial charge in [0.2, 0.25) is 0 Å². The molecular weight excluding hydrogens is 296 g/mol. The smallest absolute Gasteiger partial charge is 0.269 e. The predicted molar refractivity (Wildman–Crippen MR) is 88.8 cm³/mol. The molecule has 0 spiro atoms. The molecule has 0 bridgehead atoms. The van der Waals surface area contributed by atoms with Crippen LogP contribution in [0.25, 0.3) is 0 Å². The van der Waals surface area contributed by atoms with Gasteiger partial charge in [-0.05, 0) is 24.3 Å². The van der Waals surface area contributed by atoms with E-state index >= 15 is 0 Å². The van der Waals surface area contributed by atoms with Crippen LogP contribution in [0.1, 0.15) is 0 Å². The number of nitrogens with zero attached hydrogens (tertiary/aromatic N) is 4. The van der Waals surface area contributed by atoms with Crippen LogP contribution >= 0.6 is 0 Å². The SMILES string of the molecule is C=CCN(C)c1ccc(N=Nc2ccc([N+](=O)[O-])cc2)c(O)c1. The van der Waals surface area contributed by atoms with Crippen molar-refractivity contribution in [2.75, 3.05) is 18.5 Å². The lowest BCUT2D eigenvalue weighted by Gasteiger charge is -2.17. The minimum Gasteiger partial charge on any atom is -0.506 e. The Balaban J connectivity index is 2.16. The average molecular weight is 312 g/mol. The Labute approximate surface area is 133 Å². The molecule has 0 heterocycles. The molecule has 118 valence electrons. The Morgan fingerprint density at radius 2 is 1.96 bits per heavy atom. The number of hydrogen-bond acceptors (Lipinski definition) is 6. The Hall–Kier alpha value is -3.22. The molecule has 2 aromatic carbocycles. The molecule has 0 saturated heterocycles. The number of azo groups is 1. The number of aromatic hydroxyl groups is 1. The fourth-order valence-electron chi connectivity index (χ4n) is 1.89. The quantitative estimate of drug-likeness (QED) is 0.372. The Bertz CT molecular complexity index is 741. The van der Waals surface area contributed by atoms with Gasteiger partial charge in [0.25, 0.3) is 5.69 Å². The molecule has 0 aliphatic heterocycles. The standard InChI is InChI=1S/C16H16N4O3/c1-3-10-19(2)14-8-9-15(16(21)11-14)18-17-12-4-6-13(7-5-12)20(22)23/h3-9,11,21H,1,10H2,2H3. The van der Waals surface area contributed by atoms with Crippen LogP contribution in [0.15, 0.2) is 65.3 Å². The summed E-state index contributed by atoms with van der Waals surface area (Å²) in [6.07, 6.45) is 1.76. The van der Waals surface area contributed by atoms with E-state index in [1.54, 1.807) is 18.2 Å². The molecule has 7 heteroatoms. The van der Waals surface area contributed by atoms with E-state index in [2.05, 4.69) is 16.8 Å². The van der Waals surface area contributed by atoms with Crippen molar-refractivity contribution in [2.45, 2.75) is 0 Å². The first-order valence-electron chi connectivity index (χ1n) is 6.82. The number of phenolic OH excluding ortho intramolecular Hbond substituents is 1. The molecule has 0 fully saturated rings. The van der Waals surface area contributed by atoms with Gasteiger partial charge in [-0.3, -0.25) is 10.1 Å². The van der Waals surface area contributed by atoms with Crippen molar-refractivity contribution < 1.29 is 10.0 Å². The fourth-order valence-corrected chi connectivity index (χ4v) is 1.89. The van der Waals surface area contributed by atoms with Crippen molar-refractivity contribution in [1.29, 1.82) is 0 Å². The number of rotatable bonds is 6. The summed E-state index contributed by atoms with van der Waals surface area (Å²) in [5.41, 5.74) is 1.60. The predicted octanol–water partition coefficient (Wildman–Crippen LogP) is 4.34. The molecule has 0 radical (unpaired) electrons. The lowest BCUT2D eigenvalue weighted by molar-refractivity contribution is -0.384. The molecule has 0 aliphatic carbocycles. The molecule has 23 heavy (non-hydrogen) atoms. The van der Waals surface area contributed by atoms with Crippen molar-refractivity contribution in [1.82, 2.24) is 0 Å². The number of anilines is 1. The van der Waals surface area contributed by atoms with E-state index in [-0.39, 0.29) is 11.4 Å². The number of non-ortho nitro benzene ring substituents is 1. The molecular formula is C16H16N4O3. The van der Waals surface area contributed by atoms with Crippen LogP contribution in [-0.4, -0.2) is 23.6 Å². The second-order valence-electron chi connectivity index (χ2n) is 4.82. The van der Waals surface area contributed by atoms with Gasteiger partial charge >= 0.3 is 0 Å². The maximum Gasteiger partial charge on any atom is 0.269 e. The van der Waals surface area contributed by atoms with Crippen LogP contribution in [0.4, 0.5) is 22.7 Å². The Morgan fingerprint density at radius 1 is 1.26 bits per heavy atom. The second-order valence-corrected chi connectivity index (χ2v) is 4.82. The zero-order chi connectivity index (χ0) is 16.8. The third-order valence-electron chi connectivity index (χ3n) is 3.14. The number of likely N-dealkylation sites (N-methyl/N-ethyl adjacent to an activating group) is 1. The highest BCUT2D eigenvalue weighted by Crippen LogP contribution is 2.32. The maximum atomic E-state index is 10.6. The first-order valence-corrected chi connectivity index (χ1v) is 6.82. The van der Waals surface area contributed by atoms with Crippen LogP contribution in [0.2, 0.25) is 0 Å². The lowest BCUT2D eigenvalue weighted by Crippen LogP contribution is -2.16. The maximum absolute atomic E-state index is 10.6. The van der Waals surface area contributed by atoms with E-state index < -0.39 is 4.92 Å². The van der Waals surface area contributed by atoms with Crippen LogP contribution in [0.5, 0.6) is 5.75 Å². The normalized spacial score (nSPS) is 10.7. The lowest BCUT2D eigenvalue weighted by atomic mass is 10.2. The summed E-state index contributed by atoms with van der Waals surface area (Å²) >= 11 is 0. The first-order chi connectivity index (χ1) is 11.0. The van der Waals surface area contributed by atoms with Gasteiger partial charge in [0.15, 0.2) is 0 Å². The summed E-state index contributed by atoms with van der Waals surface area (Å²) in [6.45, 7) is 4.32. The molecule has 1 N–H and O–H groups in total. The summed E-state index contributed by atoms with van der Waals surface area (Å²) in [5.74, 6) is 0.00377. The molecule has 0 amide bonds. The van der Waals surface area contributed by atoms with Crippen LogP contribution in [0.3, 0.4) is 0 Å². The first kappa shape index (κ1) is 16.2. The highest BCUT2D eigenvalue weighted by Gasteiger charge is 2.06. The average Bonchev–Trinajstić information content (AvgIpc) is 2.54. The van der Waals surface area contributed by atoms with Gasteiger partial charge in [0, 0.05) is 37.5 Å². The van der Waals surface area contributed by atoms with Crippen molar-refractivity contribution >= 4 is 22.7 Å². The van der Waals surface area contributed by atoms with Crippen molar-refractivity contribution in [2.24, 2.45) is 10.2 Å². The number of nitro benzene ring substituents is 1. The van der Waals surface area contributed by atoms with E-state index in [4.69, 9.17) is 0 Å². The minimum absolute atomic E-state index is 0.00377. The summed E-state index contributed by atoms with van der Waals surface area (Å²) in [5, 5.41) is 28.5. The molecule has 2 rings (SSSR count). The topological polar surface area (TPSA) is 91.3 Å². The molecule has 0 unspecified atom stereocenters. The largest absolute Gasteiger partial charge is 0.506 e. The Kier molecular flexibility index (Phi) is 5.03. The van der Waals surface area contributed by atoms with Gasteiger partial charge in [0.05, 0.1) is 10.6 Å². The Morgan fingerprint density at radius 3 is 2.52 bits per heavy atom. The van der Waals surface area contributed by atoms with Crippen LogP contribution in [-0.2, 0) is 0 Å². The molecule has 0 aromatic heterocycles. The molecule has 0 saturated carbocycles. The van der Waals surface area contributed by atoms with E-state index in [9.17, 15) is 15.2 Å². The summed E-state index contributed by atoms with van der Waals surface area (Å²) in [6, 6.07) is 10.7. The van der Waals surface area contributed by atoms with Crippen molar-refractivity contribution in [3.8, 4) is 5.75 Å². The van der Waals surface area contributed by atoms with Gasteiger partial charge < -0.3 is 10.0 Å². The summed E-state index contributed by atoms with van der Waals surface area (Å²) in [7, 11) is 1.88. The third-order valence-corrected chi connectivity index (χ3v) is 3.14. The van der Waals surface area contributed by atoms with E-state index in [1.165, 1.54) is 24.3 Å². The third kappa shape index (κ3) is 4.13. The number of nitro groups is 1. The van der Waals surface area contributed by atoms with Crippen molar-refractivity contribution in [3.05, 3.63) is 65.2 Å². The highest BCUT2D eigenvalue weighted by atomic mass is 16.6. The van der Waals surface area contributed by atoms with Gasteiger partial charge in [-0.15, -0.1) is 11.7 Å². The number of phenols is 1. The van der Waals surface area contributed by atoms with E-state index in [0.29, 0.717) is 17.9 Å². The number of hydrogen-bond donors (Lipinski definition) is 1. The molecule has 2 aromatic rings. The van der Waals surface area contributed by atoms with E-state index in [0.717, 1.165) is 5.69 Å². The van der Waals surface area contributed by atoms with Gasteiger partial charge in [0.1, 0.15) is 11.4 Å². The van der Waals surface area contributed by atoms with Gasteiger partial charge in [-0.25, -0.2) is 0 Å². The van der Waals surface area contributed by atoms with Gasteiger partial charge in [-0.2, -0.15) is 5.11 Å². The van der Waals surface area contributed by atoms with E-state index in [1.807, 2.05) is 18.0 Å². The zero-order valence-electron chi connectivity index (χ0n) is 12.6. The molecule has 7 nitrogen and oxygen atoms in total. The summed E-state index contributed by atoms with van der Waals surface area (Å²) in [4.78, 5) is 12.0. The number of benzene rings is 2. The fraction of sp³-hybridized carbons (Fsp3) is 0.125. The summed E-state index contributed by atoms with van der Waals surface area (Å²) < 4.78 is 0. The van der Waals surface area contributed by atoms with Gasteiger partial charge in [-0.1, -0.05) is 6.08 Å². The van der Waals surface area contributed by atoms with Crippen molar-refractivity contribution in [3.63, 3.8) is 0 Å². The van der Waals surface area contributed by atoms with Crippen LogP contribution in [0, 0.1) is 10.1 Å².